The van der Waals surface area contributed by atoms with Crippen LogP contribution >= 0.6 is 0 Å². The highest BCUT2D eigenvalue weighted by Crippen LogP contribution is 2.39. The van der Waals surface area contributed by atoms with E-state index in [4.69, 9.17) is 4.74 Å². The Morgan fingerprint density at radius 1 is 1.00 bits per heavy atom. The van der Waals surface area contributed by atoms with Gasteiger partial charge < -0.3 is 30.7 Å². The molecule has 0 unspecified atom stereocenters. The van der Waals surface area contributed by atoms with Crippen LogP contribution in [0.25, 0.3) is 0 Å². The van der Waals surface area contributed by atoms with Crippen molar-refractivity contribution in [2.75, 3.05) is 44.6 Å². The van der Waals surface area contributed by atoms with Crippen molar-refractivity contribution in [2.24, 2.45) is 0 Å². The fourth-order valence-electron chi connectivity index (χ4n) is 5.03. The molecule has 4 rings (SSSR count). The number of phenols is 1. The summed E-state index contributed by atoms with van der Waals surface area (Å²) in [5, 5.41) is 19.6. The number of aromatic hydroxyl groups is 1. The first-order chi connectivity index (χ1) is 17.6. The van der Waals surface area contributed by atoms with Crippen molar-refractivity contribution < 1.29 is 19.4 Å². The van der Waals surface area contributed by atoms with Crippen molar-refractivity contribution in [1.29, 1.82) is 0 Å². The van der Waals surface area contributed by atoms with Crippen molar-refractivity contribution in [3.05, 3.63) is 53.6 Å². The number of benzene rings is 2. The third-order valence-electron chi connectivity index (χ3n) is 6.96. The number of anilines is 1. The Morgan fingerprint density at radius 3 is 2.56 bits per heavy atom. The Bertz CT molecular complexity index is 1010. The van der Waals surface area contributed by atoms with Gasteiger partial charge in [-0.3, -0.25) is 9.59 Å². The molecule has 194 valence electrons. The van der Waals surface area contributed by atoms with Gasteiger partial charge in [0.25, 0.3) is 5.91 Å². The summed E-state index contributed by atoms with van der Waals surface area (Å²) in [5.74, 6) is 0.512. The predicted molar refractivity (Wildman–Crippen MR) is 140 cm³/mol. The second-order valence-corrected chi connectivity index (χ2v) is 9.55. The molecular weight excluding hydrogens is 456 g/mol. The van der Waals surface area contributed by atoms with E-state index in [9.17, 15) is 14.7 Å². The second kappa shape index (κ2) is 13.3. The minimum Gasteiger partial charge on any atom is -0.506 e. The SMILES string of the molecule is O=C1COc2c(CCNCCN(C(=O)CCNCCc3ccccc3)C3CCCC3)ccc(O)c2N1. The van der Waals surface area contributed by atoms with Gasteiger partial charge in [0.15, 0.2) is 12.4 Å². The number of phenolic OH excluding ortho intramolecular Hbond substituents is 1. The average Bonchev–Trinajstić information content (AvgIpc) is 3.42. The summed E-state index contributed by atoms with van der Waals surface area (Å²) < 4.78 is 5.56. The molecule has 2 aromatic carbocycles. The van der Waals surface area contributed by atoms with Gasteiger partial charge in [0.05, 0.1) is 0 Å². The van der Waals surface area contributed by atoms with Crippen LogP contribution in [-0.4, -0.2) is 67.2 Å². The maximum absolute atomic E-state index is 13.1. The van der Waals surface area contributed by atoms with Crippen molar-refractivity contribution in [3.63, 3.8) is 0 Å². The van der Waals surface area contributed by atoms with Gasteiger partial charge in [-0.1, -0.05) is 49.2 Å². The quantitative estimate of drug-likeness (QED) is 0.252. The van der Waals surface area contributed by atoms with Crippen LogP contribution in [0.1, 0.15) is 43.2 Å². The summed E-state index contributed by atoms with van der Waals surface area (Å²) in [6, 6.07) is 14.1. The number of amides is 2. The monoisotopic (exact) mass is 494 g/mol. The smallest absolute Gasteiger partial charge is 0.262 e. The largest absolute Gasteiger partial charge is 0.506 e. The van der Waals surface area contributed by atoms with Gasteiger partial charge in [0, 0.05) is 32.1 Å². The van der Waals surface area contributed by atoms with Crippen LogP contribution in [0.4, 0.5) is 5.69 Å². The maximum atomic E-state index is 13.1. The van der Waals surface area contributed by atoms with E-state index in [2.05, 4.69) is 45.1 Å². The molecule has 0 radical (unpaired) electrons. The van der Waals surface area contributed by atoms with E-state index < -0.39 is 0 Å². The highest BCUT2D eigenvalue weighted by molar-refractivity contribution is 5.97. The molecule has 8 nitrogen and oxygen atoms in total. The molecule has 0 saturated heterocycles. The predicted octanol–water partition coefficient (Wildman–Crippen LogP) is 2.85. The number of rotatable bonds is 13. The molecule has 2 aliphatic rings. The standard InChI is InChI=1S/C28H38N4O4/c33-24-11-10-22(28-27(24)31-25(34)20-36-28)13-16-30-18-19-32(23-8-4-5-9-23)26(35)14-17-29-15-12-21-6-2-1-3-7-21/h1-3,6-7,10-11,23,29-30,33H,4-5,8-9,12-20H2,(H,31,34). The fraction of sp³-hybridized carbons (Fsp3) is 0.500. The molecule has 36 heavy (non-hydrogen) atoms. The van der Waals surface area contributed by atoms with E-state index >= 15 is 0 Å². The fourth-order valence-corrected chi connectivity index (χ4v) is 5.03. The van der Waals surface area contributed by atoms with Gasteiger partial charge in [-0.2, -0.15) is 0 Å². The molecular formula is C28H38N4O4. The lowest BCUT2D eigenvalue weighted by molar-refractivity contribution is -0.133. The zero-order valence-electron chi connectivity index (χ0n) is 20.9. The first-order valence-electron chi connectivity index (χ1n) is 13.1. The molecule has 1 aliphatic heterocycles. The number of carbonyl (C=O) groups is 2. The van der Waals surface area contributed by atoms with Crippen LogP contribution in [0.3, 0.4) is 0 Å². The number of nitrogens with zero attached hydrogens (tertiary/aromatic N) is 1. The maximum Gasteiger partial charge on any atom is 0.262 e. The summed E-state index contributed by atoms with van der Waals surface area (Å²) in [6.07, 6.45) is 6.76. The van der Waals surface area contributed by atoms with Gasteiger partial charge >= 0.3 is 0 Å². The van der Waals surface area contributed by atoms with Crippen LogP contribution in [0.2, 0.25) is 0 Å². The van der Waals surface area contributed by atoms with Crippen molar-refractivity contribution in [1.82, 2.24) is 15.5 Å². The Hall–Kier alpha value is -3.10. The van der Waals surface area contributed by atoms with Crippen molar-refractivity contribution >= 4 is 17.5 Å². The van der Waals surface area contributed by atoms with Gasteiger partial charge in [0.2, 0.25) is 5.91 Å². The topological polar surface area (TPSA) is 103 Å². The Kier molecular flexibility index (Phi) is 9.58. The molecule has 0 aromatic heterocycles. The van der Waals surface area contributed by atoms with Crippen LogP contribution in [0, 0.1) is 0 Å². The number of hydrogen-bond acceptors (Lipinski definition) is 6. The molecule has 2 amide bonds. The Morgan fingerprint density at radius 2 is 1.75 bits per heavy atom. The average molecular weight is 495 g/mol. The lowest BCUT2D eigenvalue weighted by Crippen LogP contribution is -2.44. The van der Waals surface area contributed by atoms with Crippen LogP contribution in [0.5, 0.6) is 11.5 Å². The third-order valence-corrected chi connectivity index (χ3v) is 6.96. The van der Waals surface area contributed by atoms with E-state index in [-0.39, 0.29) is 24.2 Å². The van der Waals surface area contributed by atoms with Crippen LogP contribution in [-0.2, 0) is 22.4 Å². The first-order valence-corrected chi connectivity index (χ1v) is 13.1. The van der Waals surface area contributed by atoms with Crippen molar-refractivity contribution in [2.45, 2.75) is 51.0 Å². The van der Waals surface area contributed by atoms with E-state index in [0.29, 0.717) is 50.0 Å². The van der Waals surface area contributed by atoms with Gasteiger partial charge in [0.1, 0.15) is 11.4 Å². The lowest BCUT2D eigenvalue weighted by atomic mass is 10.1. The van der Waals surface area contributed by atoms with E-state index in [1.807, 2.05) is 12.1 Å². The number of fused-ring (bicyclic) bond motifs is 1. The van der Waals surface area contributed by atoms with E-state index in [0.717, 1.165) is 37.9 Å². The summed E-state index contributed by atoms with van der Waals surface area (Å²) in [4.78, 5) is 26.7. The van der Waals surface area contributed by atoms with Gasteiger partial charge in [-0.25, -0.2) is 0 Å². The summed E-state index contributed by atoms with van der Waals surface area (Å²) in [5.41, 5.74) is 2.58. The molecule has 1 fully saturated rings. The summed E-state index contributed by atoms with van der Waals surface area (Å²) in [7, 11) is 0. The number of nitrogens with one attached hydrogen (secondary N) is 3. The molecule has 4 N–H and O–H groups in total. The molecule has 0 bridgehead atoms. The van der Waals surface area contributed by atoms with Gasteiger partial charge in [-0.05, 0) is 56.0 Å². The minimum atomic E-state index is -0.267. The first kappa shape index (κ1) is 26.0. The highest BCUT2D eigenvalue weighted by atomic mass is 16.5. The second-order valence-electron chi connectivity index (χ2n) is 9.55. The van der Waals surface area contributed by atoms with Crippen molar-refractivity contribution in [3.8, 4) is 11.5 Å². The summed E-state index contributed by atoms with van der Waals surface area (Å²) in [6.45, 7) is 3.66. The van der Waals surface area contributed by atoms with E-state index in [1.165, 1.54) is 18.4 Å². The lowest BCUT2D eigenvalue weighted by Gasteiger charge is -2.29. The highest BCUT2D eigenvalue weighted by Gasteiger charge is 2.26. The molecule has 0 atom stereocenters. The summed E-state index contributed by atoms with van der Waals surface area (Å²) >= 11 is 0. The minimum absolute atomic E-state index is 0.00929. The van der Waals surface area contributed by atoms with Crippen LogP contribution in [0.15, 0.2) is 42.5 Å². The zero-order chi connectivity index (χ0) is 25.2. The number of carbonyl (C=O) groups excluding carboxylic acids is 2. The Balaban J connectivity index is 1.19. The zero-order valence-corrected chi connectivity index (χ0v) is 20.9. The molecule has 8 heteroatoms. The van der Waals surface area contributed by atoms with E-state index in [1.54, 1.807) is 6.07 Å². The molecule has 0 spiro atoms. The number of ether oxygens (including phenoxy) is 1. The molecule has 1 heterocycles. The normalized spacial score (nSPS) is 15.3. The van der Waals surface area contributed by atoms with Gasteiger partial charge in [-0.15, -0.1) is 0 Å². The van der Waals surface area contributed by atoms with Crippen LogP contribution < -0.4 is 20.7 Å². The Labute approximate surface area is 213 Å². The molecule has 2 aromatic rings. The third kappa shape index (κ3) is 7.21. The number of hydrogen-bond donors (Lipinski definition) is 4. The molecule has 1 aliphatic carbocycles. The molecule has 1 saturated carbocycles.